The van der Waals surface area contributed by atoms with Crippen molar-refractivity contribution in [1.29, 1.82) is 0 Å². The predicted molar refractivity (Wildman–Crippen MR) is 94.9 cm³/mol. The molecule has 0 bridgehead atoms. The van der Waals surface area contributed by atoms with Crippen LogP contribution in [0, 0.1) is 6.92 Å². The molecule has 0 amide bonds. The maximum absolute atomic E-state index is 12.2. The van der Waals surface area contributed by atoms with Crippen LogP contribution in [0.5, 0.6) is 11.5 Å². The summed E-state index contributed by atoms with van der Waals surface area (Å²) in [5, 5.41) is 0.826. The average Bonchev–Trinajstić information content (AvgIpc) is 2.54. The van der Waals surface area contributed by atoms with Gasteiger partial charge >= 0.3 is 0 Å². The van der Waals surface area contributed by atoms with Crippen LogP contribution in [0.15, 0.2) is 41.3 Å². The number of ether oxygens (including phenoxy) is 2. The van der Waals surface area contributed by atoms with E-state index in [9.17, 15) is 8.42 Å². The molecule has 2 rings (SSSR count). The van der Waals surface area contributed by atoms with Crippen LogP contribution in [-0.2, 0) is 10.0 Å². The fourth-order valence-corrected chi connectivity index (χ4v) is 3.44. The number of sulfonamides is 1. The van der Waals surface area contributed by atoms with Crippen LogP contribution in [0.2, 0.25) is 10.0 Å². The Kier molecular flexibility index (Phi) is 6.34. The van der Waals surface area contributed by atoms with Gasteiger partial charge in [0, 0.05) is 11.6 Å². The molecule has 0 heterocycles. The summed E-state index contributed by atoms with van der Waals surface area (Å²) in [5.74, 6) is 0.993. The highest BCUT2D eigenvalue weighted by Gasteiger charge is 2.15. The molecule has 0 aliphatic heterocycles. The van der Waals surface area contributed by atoms with Crippen molar-refractivity contribution in [2.24, 2.45) is 0 Å². The zero-order valence-electron chi connectivity index (χ0n) is 13.2. The zero-order chi connectivity index (χ0) is 17.7. The molecule has 2 aromatic carbocycles. The standard InChI is InChI=1S/C16H17Cl2NO4S/c1-11-3-4-12(9-14(11)17)23-8-7-19-24(20,21)13-5-6-16(22-2)15(18)10-13/h3-6,9-10,19H,7-8H2,1-2H3. The van der Waals surface area contributed by atoms with Crippen LogP contribution in [0.25, 0.3) is 0 Å². The smallest absolute Gasteiger partial charge is 0.240 e. The van der Waals surface area contributed by atoms with Gasteiger partial charge in [0.15, 0.2) is 0 Å². The number of nitrogens with one attached hydrogen (secondary N) is 1. The van der Waals surface area contributed by atoms with Crippen LogP contribution in [0.4, 0.5) is 0 Å². The maximum Gasteiger partial charge on any atom is 0.240 e. The first-order chi connectivity index (χ1) is 11.3. The van der Waals surface area contributed by atoms with E-state index in [0.29, 0.717) is 16.5 Å². The van der Waals surface area contributed by atoms with E-state index in [1.165, 1.54) is 25.3 Å². The van der Waals surface area contributed by atoms with E-state index in [2.05, 4.69) is 4.72 Å². The topological polar surface area (TPSA) is 64.6 Å². The van der Waals surface area contributed by atoms with Crippen molar-refractivity contribution >= 4 is 33.2 Å². The van der Waals surface area contributed by atoms with Crippen molar-refractivity contribution in [1.82, 2.24) is 4.72 Å². The van der Waals surface area contributed by atoms with E-state index in [4.69, 9.17) is 32.7 Å². The molecular formula is C16H17Cl2NO4S. The second-order valence-electron chi connectivity index (χ2n) is 4.95. The lowest BCUT2D eigenvalue weighted by atomic mass is 10.2. The SMILES string of the molecule is COc1ccc(S(=O)(=O)NCCOc2ccc(C)c(Cl)c2)cc1Cl. The fourth-order valence-electron chi connectivity index (χ4n) is 1.91. The van der Waals surface area contributed by atoms with Crippen molar-refractivity contribution in [3.05, 3.63) is 52.0 Å². The highest BCUT2D eigenvalue weighted by Crippen LogP contribution is 2.26. The van der Waals surface area contributed by atoms with Gasteiger partial charge < -0.3 is 9.47 Å². The van der Waals surface area contributed by atoms with Crippen molar-refractivity contribution in [2.45, 2.75) is 11.8 Å². The molecule has 0 fully saturated rings. The number of aryl methyl sites for hydroxylation is 1. The first-order valence-corrected chi connectivity index (χ1v) is 9.29. The lowest BCUT2D eigenvalue weighted by molar-refractivity contribution is 0.323. The van der Waals surface area contributed by atoms with E-state index in [1.807, 2.05) is 13.0 Å². The average molecular weight is 390 g/mol. The number of halogens is 2. The molecule has 0 atom stereocenters. The summed E-state index contributed by atoms with van der Waals surface area (Å²) < 4.78 is 37.3. The molecule has 24 heavy (non-hydrogen) atoms. The van der Waals surface area contributed by atoms with E-state index >= 15 is 0 Å². The molecule has 130 valence electrons. The summed E-state index contributed by atoms with van der Waals surface area (Å²) in [6, 6.07) is 9.56. The fraction of sp³-hybridized carbons (Fsp3) is 0.250. The molecule has 0 aliphatic rings. The summed E-state index contributed by atoms with van der Waals surface area (Å²) in [5.41, 5.74) is 0.945. The Hall–Kier alpha value is -1.47. The Morgan fingerprint density at radius 1 is 1.08 bits per heavy atom. The number of methoxy groups -OCH3 is 1. The minimum atomic E-state index is -3.67. The van der Waals surface area contributed by atoms with Gasteiger partial charge in [0.2, 0.25) is 10.0 Å². The van der Waals surface area contributed by atoms with E-state index in [-0.39, 0.29) is 23.1 Å². The monoisotopic (exact) mass is 389 g/mol. The summed E-state index contributed by atoms with van der Waals surface area (Å²) in [7, 11) is -2.21. The Morgan fingerprint density at radius 3 is 2.46 bits per heavy atom. The molecule has 0 unspecified atom stereocenters. The second-order valence-corrected chi connectivity index (χ2v) is 7.53. The van der Waals surface area contributed by atoms with Crippen LogP contribution < -0.4 is 14.2 Å². The molecule has 2 aromatic rings. The molecular weight excluding hydrogens is 373 g/mol. The van der Waals surface area contributed by atoms with Gasteiger partial charge in [0.25, 0.3) is 0 Å². The lowest BCUT2D eigenvalue weighted by Crippen LogP contribution is -2.28. The predicted octanol–water partition coefficient (Wildman–Crippen LogP) is 3.67. The van der Waals surface area contributed by atoms with Gasteiger partial charge in [-0.15, -0.1) is 0 Å². The first-order valence-electron chi connectivity index (χ1n) is 7.05. The number of hydrogen-bond acceptors (Lipinski definition) is 4. The Morgan fingerprint density at radius 2 is 1.83 bits per heavy atom. The number of benzene rings is 2. The third kappa shape index (κ3) is 4.77. The van der Waals surface area contributed by atoms with Gasteiger partial charge in [-0.25, -0.2) is 13.1 Å². The quantitative estimate of drug-likeness (QED) is 0.733. The van der Waals surface area contributed by atoms with Gasteiger partial charge in [-0.2, -0.15) is 0 Å². The minimum Gasteiger partial charge on any atom is -0.495 e. The van der Waals surface area contributed by atoms with Crippen molar-refractivity contribution < 1.29 is 17.9 Å². The van der Waals surface area contributed by atoms with Crippen LogP contribution >= 0.6 is 23.2 Å². The normalized spacial score (nSPS) is 11.3. The summed E-state index contributed by atoms with van der Waals surface area (Å²) in [4.78, 5) is 0.0617. The summed E-state index contributed by atoms with van der Waals surface area (Å²) in [6.45, 7) is 2.17. The highest BCUT2D eigenvalue weighted by molar-refractivity contribution is 7.89. The number of rotatable bonds is 7. The first kappa shape index (κ1) is 18.9. The maximum atomic E-state index is 12.2. The summed E-state index contributed by atoms with van der Waals surface area (Å²) >= 11 is 12.0. The third-order valence-electron chi connectivity index (χ3n) is 3.24. The molecule has 0 radical (unpaired) electrons. The molecule has 0 aromatic heterocycles. The highest BCUT2D eigenvalue weighted by atomic mass is 35.5. The van der Waals surface area contributed by atoms with Crippen LogP contribution in [0.3, 0.4) is 0 Å². The zero-order valence-corrected chi connectivity index (χ0v) is 15.5. The van der Waals surface area contributed by atoms with Gasteiger partial charge in [-0.1, -0.05) is 29.3 Å². The molecule has 5 nitrogen and oxygen atoms in total. The molecule has 0 aliphatic carbocycles. The molecule has 0 saturated carbocycles. The summed E-state index contributed by atoms with van der Waals surface area (Å²) in [6.07, 6.45) is 0. The van der Waals surface area contributed by atoms with Gasteiger partial charge in [-0.3, -0.25) is 0 Å². The number of hydrogen-bond donors (Lipinski definition) is 1. The van der Waals surface area contributed by atoms with Crippen molar-refractivity contribution in [2.75, 3.05) is 20.3 Å². The van der Waals surface area contributed by atoms with E-state index in [0.717, 1.165) is 5.56 Å². The molecule has 0 saturated heterocycles. The Bertz CT molecular complexity index is 825. The molecule has 8 heteroatoms. The minimum absolute atomic E-state index is 0.0617. The van der Waals surface area contributed by atoms with E-state index in [1.54, 1.807) is 12.1 Å². The second kappa shape index (κ2) is 8.07. The van der Waals surface area contributed by atoms with Gasteiger partial charge in [-0.05, 0) is 42.8 Å². The lowest BCUT2D eigenvalue weighted by Gasteiger charge is -2.10. The van der Waals surface area contributed by atoms with Crippen molar-refractivity contribution in [3.8, 4) is 11.5 Å². The van der Waals surface area contributed by atoms with Crippen LogP contribution in [0.1, 0.15) is 5.56 Å². The van der Waals surface area contributed by atoms with Crippen molar-refractivity contribution in [3.63, 3.8) is 0 Å². The third-order valence-corrected chi connectivity index (χ3v) is 5.40. The van der Waals surface area contributed by atoms with Gasteiger partial charge in [0.1, 0.15) is 18.1 Å². The molecule has 0 spiro atoms. The molecule has 1 N–H and O–H groups in total. The van der Waals surface area contributed by atoms with Crippen LogP contribution in [-0.4, -0.2) is 28.7 Å². The Labute approximate surface area is 151 Å². The van der Waals surface area contributed by atoms with Gasteiger partial charge in [0.05, 0.1) is 17.0 Å². The van der Waals surface area contributed by atoms with E-state index < -0.39 is 10.0 Å². The largest absolute Gasteiger partial charge is 0.495 e. The Balaban J connectivity index is 1.93.